The van der Waals surface area contributed by atoms with E-state index in [1.165, 1.54) is 0 Å². The Morgan fingerprint density at radius 1 is 1.44 bits per heavy atom. The van der Waals surface area contributed by atoms with E-state index in [0.29, 0.717) is 17.9 Å². The first-order valence-corrected chi connectivity index (χ1v) is 6.80. The molecule has 0 aliphatic rings. The average Bonchev–Trinajstić information content (AvgIpc) is 2.63. The Hall–Kier alpha value is -0.580. The van der Waals surface area contributed by atoms with Gasteiger partial charge in [0.15, 0.2) is 0 Å². The Kier molecular flexibility index (Phi) is 6.12. The summed E-state index contributed by atoms with van der Waals surface area (Å²) in [5.74, 6) is 0. The molecule has 2 atom stereocenters. The third-order valence-electron chi connectivity index (χ3n) is 3.19. The van der Waals surface area contributed by atoms with Crippen LogP contribution in [0.1, 0.15) is 38.1 Å². The fraction of sp³-hybridized carbons (Fsp3) is 0.769. The molecular weight excluding hydrogens is 252 g/mol. The van der Waals surface area contributed by atoms with Crippen LogP contribution in [0.5, 0.6) is 0 Å². The second kappa shape index (κ2) is 7.12. The molecule has 0 saturated heterocycles. The molecule has 0 aromatic carbocycles. The highest BCUT2D eigenvalue weighted by Crippen LogP contribution is 2.22. The van der Waals surface area contributed by atoms with Gasteiger partial charge in [-0.1, -0.05) is 11.6 Å². The summed E-state index contributed by atoms with van der Waals surface area (Å²) >= 11 is 6.21. The normalized spacial score (nSPS) is 14.8. The molecule has 4 nitrogen and oxygen atoms in total. The molecule has 5 heteroatoms. The molecule has 1 aromatic rings. The van der Waals surface area contributed by atoms with Crippen LogP contribution in [0.15, 0.2) is 0 Å². The molecule has 0 bridgehead atoms. The summed E-state index contributed by atoms with van der Waals surface area (Å²) < 4.78 is 7.03. The molecule has 18 heavy (non-hydrogen) atoms. The Morgan fingerprint density at radius 3 is 2.67 bits per heavy atom. The van der Waals surface area contributed by atoms with Crippen molar-refractivity contribution in [1.82, 2.24) is 9.78 Å². The lowest BCUT2D eigenvalue weighted by atomic mass is 10.1. The maximum Gasteiger partial charge on any atom is 0.0848 e. The SMILES string of the molecule is CCn1nc(C)c(Cl)c1CC(O)CCC(C)OC. The molecule has 104 valence electrons. The molecule has 1 rings (SSSR count). The van der Waals surface area contributed by atoms with Gasteiger partial charge in [-0.15, -0.1) is 0 Å². The lowest BCUT2D eigenvalue weighted by Crippen LogP contribution is -2.17. The number of aliphatic hydroxyl groups excluding tert-OH is 1. The standard InChI is InChI=1S/C13H23ClN2O2/c1-5-16-12(13(14)10(3)15-16)8-11(17)7-6-9(2)18-4/h9,11,17H,5-8H2,1-4H3. The highest BCUT2D eigenvalue weighted by molar-refractivity contribution is 6.31. The summed E-state index contributed by atoms with van der Waals surface area (Å²) in [7, 11) is 1.68. The van der Waals surface area contributed by atoms with Gasteiger partial charge < -0.3 is 9.84 Å². The first-order valence-electron chi connectivity index (χ1n) is 6.42. The average molecular weight is 275 g/mol. The van der Waals surface area contributed by atoms with Crippen molar-refractivity contribution in [2.75, 3.05) is 7.11 Å². The van der Waals surface area contributed by atoms with E-state index < -0.39 is 6.10 Å². The summed E-state index contributed by atoms with van der Waals surface area (Å²) in [5, 5.41) is 15.1. The maximum absolute atomic E-state index is 10.0. The highest BCUT2D eigenvalue weighted by Gasteiger charge is 2.16. The number of rotatable bonds is 7. The van der Waals surface area contributed by atoms with Gasteiger partial charge in [0.1, 0.15) is 0 Å². The largest absolute Gasteiger partial charge is 0.393 e. The smallest absolute Gasteiger partial charge is 0.0848 e. The van der Waals surface area contributed by atoms with Gasteiger partial charge in [-0.25, -0.2) is 0 Å². The molecule has 0 amide bonds. The Bertz CT molecular complexity index is 379. The van der Waals surface area contributed by atoms with Crippen molar-refractivity contribution >= 4 is 11.6 Å². The van der Waals surface area contributed by atoms with Gasteiger partial charge in [-0.2, -0.15) is 5.10 Å². The summed E-state index contributed by atoms with van der Waals surface area (Å²) in [6, 6.07) is 0. The Balaban J connectivity index is 2.61. The van der Waals surface area contributed by atoms with E-state index >= 15 is 0 Å². The van der Waals surface area contributed by atoms with Crippen molar-refractivity contribution in [3.05, 3.63) is 16.4 Å². The fourth-order valence-corrected chi connectivity index (χ4v) is 2.15. The zero-order valence-electron chi connectivity index (χ0n) is 11.6. The van der Waals surface area contributed by atoms with Crippen LogP contribution in [0.4, 0.5) is 0 Å². The van der Waals surface area contributed by atoms with Crippen molar-refractivity contribution in [2.24, 2.45) is 0 Å². The van der Waals surface area contributed by atoms with Gasteiger partial charge >= 0.3 is 0 Å². The van der Waals surface area contributed by atoms with Crippen LogP contribution < -0.4 is 0 Å². The third-order valence-corrected chi connectivity index (χ3v) is 3.68. The van der Waals surface area contributed by atoms with Gasteiger partial charge in [-0.05, 0) is 33.6 Å². The van der Waals surface area contributed by atoms with Crippen molar-refractivity contribution in [3.8, 4) is 0 Å². The summed E-state index contributed by atoms with van der Waals surface area (Å²) in [4.78, 5) is 0. The van der Waals surface area contributed by atoms with Crippen LogP contribution in [0.2, 0.25) is 5.02 Å². The Morgan fingerprint density at radius 2 is 2.11 bits per heavy atom. The van der Waals surface area contributed by atoms with Gasteiger partial charge in [0.25, 0.3) is 0 Å². The number of halogens is 1. The van der Waals surface area contributed by atoms with Crippen LogP contribution in [0.3, 0.4) is 0 Å². The number of ether oxygens (including phenoxy) is 1. The van der Waals surface area contributed by atoms with Crippen LogP contribution in [0.25, 0.3) is 0 Å². The van der Waals surface area contributed by atoms with Crippen LogP contribution in [0, 0.1) is 6.92 Å². The number of aryl methyl sites for hydroxylation is 2. The van der Waals surface area contributed by atoms with E-state index in [-0.39, 0.29) is 6.10 Å². The second-order valence-electron chi connectivity index (χ2n) is 4.64. The second-order valence-corrected chi connectivity index (χ2v) is 5.02. The molecule has 1 N–H and O–H groups in total. The molecule has 0 saturated carbocycles. The molecule has 2 unspecified atom stereocenters. The van der Waals surface area contributed by atoms with Crippen molar-refractivity contribution < 1.29 is 9.84 Å². The van der Waals surface area contributed by atoms with E-state index in [1.807, 2.05) is 25.5 Å². The molecule has 0 spiro atoms. The van der Waals surface area contributed by atoms with E-state index in [0.717, 1.165) is 24.4 Å². The molecule has 1 heterocycles. The zero-order valence-corrected chi connectivity index (χ0v) is 12.4. The van der Waals surface area contributed by atoms with Gasteiger partial charge in [0.2, 0.25) is 0 Å². The third kappa shape index (κ3) is 3.97. The highest BCUT2D eigenvalue weighted by atomic mass is 35.5. The molecule has 0 radical (unpaired) electrons. The summed E-state index contributed by atoms with van der Waals surface area (Å²) in [5.41, 5.74) is 1.75. The lowest BCUT2D eigenvalue weighted by Gasteiger charge is -2.14. The van der Waals surface area contributed by atoms with Gasteiger partial charge in [0, 0.05) is 20.1 Å². The molecule has 1 aromatic heterocycles. The van der Waals surface area contributed by atoms with Crippen molar-refractivity contribution in [1.29, 1.82) is 0 Å². The quantitative estimate of drug-likeness (QED) is 0.831. The summed E-state index contributed by atoms with van der Waals surface area (Å²) in [6.45, 7) is 6.67. The van der Waals surface area contributed by atoms with E-state index in [2.05, 4.69) is 5.10 Å². The number of aromatic nitrogens is 2. The van der Waals surface area contributed by atoms with Gasteiger partial charge in [0.05, 0.1) is 28.6 Å². The molecule has 0 fully saturated rings. The lowest BCUT2D eigenvalue weighted by molar-refractivity contribution is 0.0846. The predicted octanol–water partition coefficient (Wildman–Crippen LogP) is 2.58. The zero-order chi connectivity index (χ0) is 13.7. The van der Waals surface area contributed by atoms with Crippen LogP contribution in [-0.2, 0) is 17.7 Å². The molecule has 0 aliphatic heterocycles. The van der Waals surface area contributed by atoms with E-state index in [4.69, 9.17) is 16.3 Å². The first kappa shape index (κ1) is 15.5. The Labute approximate surface area is 114 Å². The monoisotopic (exact) mass is 274 g/mol. The van der Waals surface area contributed by atoms with E-state index in [9.17, 15) is 5.11 Å². The number of aliphatic hydroxyl groups is 1. The van der Waals surface area contributed by atoms with E-state index in [1.54, 1.807) is 7.11 Å². The minimum absolute atomic E-state index is 0.174. The van der Waals surface area contributed by atoms with Crippen LogP contribution in [-0.4, -0.2) is 34.2 Å². The topological polar surface area (TPSA) is 47.3 Å². The van der Waals surface area contributed by atoms with Gasteiger partial charge in [-0.3, -0.25) is 4.68 Å². The van der Waals surface area contributed by atoms with Crippen LogP contribution >= 0.6 is 11.6 Å². The predicted molar refractivity (Wildman–Crippen MR) is 73.1 cm³/mol. The summed E-state index contributed by atoms with van der Waals surface area (Å²) in [6.07, 6.45) is 1.87. The number of hydrogen-bond acceptors (Lipinski definition) is 3. The molecule has 0 aliphatic carbocycles. The molecular formula is C13H23ClN2O2. The number of hydrogen-bond donors (Lipinski definition) is 1. The fourth-order valence-electron chi connectivity index (χ4n) is 1.93. The minimum atomic E-state index is -0.401. The van der Waals surface area contributed by atoms with Crippen molar-refractivity contribution in [2.45, 2.75) is 58.8 Å². The minimum Gasteiger partial charge on any atom is -0.393 e. The van der Waals surface area contributed by atoms with Crippen molar-refractivity contribution in [3.63, 3.8) is 0 Å². The number of methoxy groups -OCH3 is 1. The number of nitrogens with zero attached hydrogens (tertiary/aromatic N) is 2. The first-order chi connectivity index (χ1) is 8.49. The maximum atomic E-state index is 10.0.